The molecule has 0 fully saturated rings. The van der Waals surface area contributed by atoms with Crippen LogP contribution in [0.15, 0.2) is 53.1 Å². The number of carbonyl (C=O) groups is 1. The summed E-state index contributed by atoms with van der Waals surface area (Å²) in [6, 6.07) is 13.5. The van der Waals surface area contributed by atoms with E-state index >= 15 is 0 Å². The van der Waals surface area contributed by atoms with Crippen molar-refractivity contribution in [3.63, 3.8) is 0 Å². The van der Waals surface area contributed by atoms with Crippen LogP contribution in [-0.2, 0) is 0 Å². The summed E-state index contributed by atoms with van der Waals surface area (Å²) in [4.78, 5) is 15.7. The highest BCUT2D eigenvalue weighted by atomic mass is 79.9. The van der Waals surface area contributed by atoms with E-state index in [1.807, 2.05) is 49.4 Å². The van der Waals surface area contributed by atoms with E-state index in [2.05, 4.69) is 20.9 Å². The normalized spacial score (nSPS) is 10.8. The third-order valence-electron chi connectivity index (χ3n) is 3.20. The molecule has 0 bridgehead atoms. The van der Waals surface area contributed by atoms with Gasteiger partial charge in [-0.3, -0.25) is 4.79 Å². The lowest BCUT2D eigenvalue weighted by Gasteiger charge is -2.02. The monoisotopic (exact) mass is 313 g/mol. The van der Waals surface area contributed by atoms with E-state index in [9.17, 15) is 4.79 Å². The molecule has 3 aromatic rings. The van der Waals surface area contributed by atoms with Crippen LogP contribution in [-0.4, -0.2) is 10.8 Å². The number of hydrogen-bond acceptors (Lipinski definition) is 1. The van der Waals surface area contributed by atoms with Crippen molar-refractivity contribution in [1.29, 1.82) is 0 Å². The number of halogens is 1. The zero-order chi connectivity index (χ0) is 13.4. The predicted octanol–water partition coefficient (Wildman–Crippen LogP) is 4.47. The number of aromatic amines is 1. The van der Waals surface area contributed by atoms with Gasteiger partial charge in [0.25, 0.3) is 0 Å². The average molecular weight is 314 g/mol. The fourth-order valence-corrected chi connectivity index (χ4v) is 2.68. The number of aromatic nitrogens is 1. The van der Waals surface area contributed by atoms with Gasteiger partial charge in [0.1, 0.15) is 0 Å². The molecule has 0 saturated carbocycles. The van der Waals surface area contributed by atoms with E-state index in [1.165, 1.54) is 5.56 Å². The van der Waals surface area contributed by atoms with Crippen molar-refractivity contribution in [2.24, 2.45) is 0 Å². The van der Waals surface area contributed by atoms with E-state index in [4.69, 9.17) is 0 Å². The van der Waals surface area contributed by atoms with Crippen molar-refractivity contribution < 1.29 is 4.79 Å². The second-order valence-electron chi connectivity index (χ2n) is 4.56. The van der Waals surface area contributed by atoms with Gasteiger partial charge in [0, 0.05) is 32.7 Å². The fraction of sp³-hybridized carbons (Fsp3) is 0.0625. The molecule has 0 aliphatic heterocycles. The molecule has 3 rings (SSSR count). The van der Waals surface area contributed by atoms with Gasteiger partial charge in [-0.1, -0.05) is 40.2 Å². The molecule has 0 spiro atoms. The molecular weight excluding hydrogens is 302 g/mol. The molecule has 0 amide bonds. The summed E-state index contributed by atoms with van der Waals surface area (Å²) in [5.74, 6) is 0.0302. The van der Waals surface area contributed by atoms with Gasteiger partial charge in [-0.2, -0.15) is 0 Å². The Labute approximate surface area is 119 Å². The molecule has 19 heavy (non-hydrogen) atoms. The molecule has 0 aliphatic carbocycles. The van der Waals surface area contributed by atoms with Crippen LogP contribution in [0.1, 0.15) is 21.5 Å². The molecule has 94 valence electrons. The molecular formula is C16H12BrNO. The molecule has 0 atom stereocenters. The standard InChI is InChI=1S/C16H12BrNO/c1-10-6-7-11-13(9-18-15(11)8-10)16(19)12-4-2-3-5-14(12)17/h2-9,18H,1H3. The lowest BCUT2D eigenvalue weighted by molar-refractivity contribution is 0.103. The van der Waals surface area contributed by atoms with Gasteiger partial charge in [-0.25, -0.2) is 0 Å². The Balaban J connectivity index is 2.15. The summed E-state index contributed by atoms with van der Waals surface area (Å²) in [6.07, 6.45) is 1.78. The van der Waals surface area contributed by atoms with Gasteiger partial charge in [-0.05, 0) is 30.7 Å². The van der Waals surface area contributed by atoms with E-state index in [0.717, 1.165) is 15.4 Å². The van der Waals surface area contributed by atoms with Crippen LogP contribution in [0.3, 0.4) is 0 Å². The van der Waals surface area contributed by atoms with Gasteiger partial charge >= 0.3 is 0 Å². The lowest BCUT2D eigenvalue weighted by Crippen LogP contribution is -2.01. The molecule has 2 nitrogen and oxygen atoms in total. The third kappa shape index (κ3) is 2.10. The van der Waals surface area contributed by atoms with E-state index in [0.29, 0.717) is 11.1 Å². The van der Waals surface area contributed by atoms with E-state index in [-0.39, 0.29) is 5.78 Å². The van der Waals surface area contributed by atoms with Crippen LogP contribution in [0.25, 0.3) is 10.9 Å². The summed E-state index contributed by atoms with van der Waals surface area (Å²) in [5, 5.41) is 0.964. The van der Waals surface area contributed by atoms with Crippen LogP contribution in [0.5, 0.6) is 0 Å². The third-order valence-corrected chi connectivity index (χ3v) is 3.89. The highest BCUT2D eigenvalue weighted by Crippen LogP contribution is 2.25. The maximum absolute atomic E-state index is 12.6. The Morgan fingerprint density at radius 2 is 1.89 bits per heavy atom. The first-order valence-electron chi connectivity index (χ1n) is 6.04. The minimum atomic E-state index is 0.0302. The highest BCUT2D eigenvalue weighted by Gasteiger charge is 2.16. The largest absolute Gasteiger partial charge is 0.360 e. The Kier molecular flexibility index (Phi) is 2.99. The summed E-state index contributed by atoms with van der Waals surface area (Å²) in [7, 11) is 0. The SMILES string of the molecule is Cc1ccc2c(C(=O)c3ccccc3Br)c[nH]c2c1. The van der Waals surface area contributed by atoms with Crippen molar-refractivity contribution in [2.45, 2.75) is 6.92 Å². The lowest BCUT2D eigenvalue weighted by atomic mass is 10.0. The number of fused-ring (bicyclic) bond motifs is 1. The van der Waals surface area contributed by atoms with Crippen molar-refractivity contribution in [1.82, 2.24) is 4.98 Å². The van der Waals surface area contributed by atoms with E-state index in [1.54, 1.807) is 6.20 Å². The van der Waals surface area contributed by atoms with Gasteiger partial charge in [0.05, 0.1) is 0 Å². The number of carbonyl (C=O) groups excluding carboxylic acids is 1. The maximum Gasteiger partial charge on any atom is 0.196 e. The fourth-order valence-electron chi connectivity index (χ4n) is 2.22. The minimum absolute atomic E-state index is 0.0302. The van der Waals surface area contributed by atoms with Gasteiger partial charge in [-0.15, -0.1) is 0 Å². The number of benzene rings is 2. The molecule has 0 unspecified atom stereocenters. The average Bonchev–Trinajstić information content (AvgIpc) is 2.81. The first-order chi connectivity index (χ1) is 9.16. The maximum atomic E-state index is 12.6. The molecule has 2 aromatic carbocycles. The zero-order valence-corrected chi connectivity index (χ0v) is 12.0. The Morgan fingerprint density at radius 1 is 1.11 bits per heavy atom. The van der Waals surface area contributed by atoms with Gasteiger partial charge < -0.3 is 4.98 Å². The number of nitrogens with one attached hydrogen (secondary N) is 1. The first-order valence-corrected chi connectivity index (χ1v) is 6.83. The highest BCUT2D eigenvalue weighted by molar-refractivity contribution is 9.10. The minimum Gasteiger partial charge on any atom is -0.360 e. The Bertz CT molecular complexity index is 773. The molecule has 1 N–H and O–H groups in total. The first kappa shape index (κ1) is 12.2. The van der Waals surface area contributed by atoms with Crippen molar-refractivity contribution in [3.05, 3.63) is 69.8 Å². The van der Waals surface area contributed by atoms with Crippen LogP contribution < -0.4 is 0 Å². The molecule has 0 saturated heterocycles. The smallest absolute Gasteiger partial charge is 0.196 e. The number of hydrogen-bond donors (Lipinski definition) is 1. The second-order valence-corrected chi connectivity index (χ2v) is 5.41. The number of ketones is 1. The summed E-state index contributed by atoms with van der Waals surface area (Å²) in [5.41, 5.74) is 3.57. The molecule has 1 aromatic heterocycles. The van der Waals surface area contributed by atoms with Crippen LogP contribution >= 0.6 is 15.9 Å². The quantitative estimate of drug-likeness (QED) is 0.696. The van der Waals surface area contributed by atoms with Crippen molar-refractivity contribution in [2.75, 3.05) is 0 Å². The Morgan fingerprint density at radius 3 is 2.68 bits per heavy atom. The zero-order valence-electron chi connectivity index (χ0n) is 10.4. The molecule has 0 radical (unpaired) electrons. The second kappa shape index (κ2) is 4.67. The van der Waals surface area contributed by atoms with Crippen molar-refractivity contribution >= 4 is 32.6 Å². The number of H-pyrrole nitrogens is 1. The number of rotatable bonds is 2. The van der Waals surface area contributed by atoms with Crippen LogP contribution in [0.2, 0.25) is 0 Å². The van der Waals surface area contributed by atoms with Crippen molar-refractivity contribution in [3.8, 4) is 0 Å². The molecule has 0 aliphatic rings. The topological polar surface area (TPSA) is 32.9 Å². The molecule has 1 heterocycles. The summed E-state index contributed by atoms with van der Waals surface area (Å²) < 4.78 is 0.821. The van der Waals surface area contributed by atoms with Gasteiger partial charge in [0.2, 0.25) is 0 Å². The summed E-state index contributed by atoms with van der Waals surface area (Å²) >= 11 is 3.43. The van der Waals surface area contributed by atoms with E-state index < -0.39 is 0 Å². The Hall–Kier alpha value is -1.87. The van der Waals surface area contributed by atoms with Crippen LogP contribution in [0, 0.1) is 6.92 Å². The van der Waals surface area contributed by atoms with Crippen LogP contribution in [0.4, 0.5) is 0 Å². The number of aryl methyl sites for hydroxylation is 1. The summed E-state index contributed by atoms with van der Waals surface area (Å²) in [6.45, 7) is 2.04. The van der Waals surface area contributed by atoms with Gasteiger partial charge in [0.15, 0.2) is 5.78 Å². The molecule has 3 heteroatoms. The predicted molar refractivity (Wildman–Crippen MR) is 80.6 cm³/mol.